The van der Waals surface area contributed by atoms with Gasteiger partial charge in [-0.2, -0.15) is 5.10 Å². The van der Waals surface area contributed by atoms with Gasteiger partial charge in [0.05, 0.1) is 30.3 Å². The van der Waals surface area contributed by atoms with Gasteiger partial charge in [-0.15, -0.1) is 0 Å². The third-order valence-corrected chi connectivity index (χ3v) is 5.88. The van der Waals surface area contributed by atoms with E-state index in [1.54, 1.807) is 6.20 Å². The van der Waals surface area contributed by atoms with Crippen LogP contribution in [0.1, 0.15) is 41.1 Å². The van der Waals surface area contributed by atoms with Crippen molar-refractivity contribution in [1.29, 1.82) is 0 Å². The first-order valence-electron chi connectivity index (χ1n) is 10.4. The Morgan fingerprint density at radius 3 is 2.93 bits per heavy atom. The highest BCUT2D eigenvalue weighted by atomic mass is 16.5. The second-order valence-electron chi connectivity index (χ2n) is 8.09. The van der Waals surface area contributed by atoms with E-state index in [9.17, 15) is 9.90 Å². The number of pyridine rings is 1. The summed E-state index contributed by atoms with van der Waals surface area (Å²) in [6.45, 7) is 2.27. The number of carboxylic acid groups (broad SMARTS) is 1. The maximum absolute atomic E-state index is 11.4. The monoisotopic (exact) mass is 404 g/mol. The van der Waals surface area contributed by atoms with Crippen LogP contribution in [0.4, 0.5) is 5.69 Å². The summed E-state index contributed by atoms with van der Waals surface area (Å²) in [4.78, 5) is 15.5. The van der Waals surface area contributed by atoms with E-state index in [-0.39, 0.29) is 11.5 Å². The number of nitrogens with one attached hydrogen (secondary N) is 1. The van der Waals surface area contributed by atoms with Crippen molar-refractivity contribution in [1.82, 2.24) is 14.8 Å². The molecule has 0 bridgehead atoms. The maximum Gasteiger partial charge on any atom is 0.337 e. The predicted octanol–water partition coefficient (Wildman–Crippen LogP) is 4.03. The molecule has 30 heavy (non-hydrogen) atoms. The first-order valence-corrected chi connectivity index (χ1v) is 10.4. The maximum atomic E-state index is 11.4. The molecule has 2 aromatic heterocycles. The summed E-state index contributed by atoms with van der Waals surface area (Å²) in [5, 5.41) is 17.1. The fourth-order valence-corrected chi connectivity index (χ4v) is 3.99. The summed E-state index contributed by atoms with van der Waals surface area (Å²) in [6, 6.07) is 7.84. The number of hydrogen-bond donors (Lipinski definition) is 2. The van der Waals surface area contributed by atoms with Crippen molar-refractivity contribution in [3.05, 3.63) is 60.2 Å². The van der Waals surface area contributed by atoms with Gasteiger partial charge in [0.15, 0.2) is 0 Å². The Morgan fingerprint density at radius 2 is 2.10 bits per heavy atom. The van der Waals surface area contributed by atoms with Crippen molar-refractivity contribution < 1.29 is 14.6 Å². The molecule has 1 saturated carbocycles. The first kappa shape index (κ1) is 18.7. The lowest BCUT2D eigenvalue weighted by Crippen LogP contribution is -2.21. The van der Waals surface area contributed by atoms with Crippen LogP contribution in [0, 0.1) is 5.92 Å². The SMILES string of the molecule is O=C(O)c1ccncc1NCC1CCOc2cc(-c3cnn(CC4CC4)c3)ccc21. The molecule has 0 saturated heterocycles. The Morgan fingerprint density at radius 1 is 1.20 bits per heavy atom. The smallest absolute Gasteiger partial charge is 0.337 e. The number of rotatable bonds is 7. The predicted molar refractivity (Wildman–Crippen MR) is 113 cm³/mol. The Balaban J connectivity index is 1.32. The zero-order valence-corrected chi connectivity index (χ0v) is 16.6. The number of aromatic carboxylic acids is 1. The lowest BCUT2D eigenvalue weighted by atomic mass is 9.91. The molecule has 5 rings (SSSR count). The molecule has 154 valence electrons. The number of carbonyl (C=O) groups is 1. The molecular weight excluding hydrogens is 380 g/mol. The van der Waals surface area contributed by atoms with Gasteiger partial charge >= 0.3 is 5.97 Å². The Kier molecular flexibility index (Phi) is 4.86. The average molecular weight is 404 g/mol. The van der Waals surface area contributed by atoms with Crippen molar-refractivity contribution in [3.63, 3.8) is 0 Å². The number of fused-ring (bicyclic) bond motifs is 1. The van der Waals surface area contributed by atoms with Crippen LogP contribution in [-0.4, -0.2) is 39.0 Å². The molecule has 0 spiro atoms. The van der Waals surface area contributed by atoms with E-state index < -0.39 is 5.97 Å². The molecule has 1 fully saturated rings. The van der Waals surface area contributed by atoms with Gasteiger partial charge in [0, 0.05) is 37.0 Å². The van der Waals surface area contributed by atoms with Crippen LogP contribution in [0.2, 0.25) is 0 Å². The third kappa shape index (κ3) is 3.87. The van der Waals surface area contributed by atoms with E-state index in [4.69, 9.17) is 4.74 Å². The average Bonchev–Trinajstić information content (AvgIpc) is 3.46. The van der Waals surface area contributed by atoms with Gasteiger partial charge in [-0.05, 0) is 48.4 Å². The zero-order chi connectivity index (χ0) is 20.5. The summed E-state index contributed by atoms with van der Waals surface area (Å²) in [6.07, 6.45) is 10.6. The van der Waals surface area contributed by atoms with Gasteiger partial charge in [-0.1, -0.05) is 12.1 Å². The fraction of sp³-hybridized carbons (Fsp3) is 0.348. The number of anilines is 1. The second-order valence-corrected chi connectivity index (χ2v) is 8.09. The Bertz CT molecular complexity index is 1070. The molecular formula is C23H24N4O3. The van der Waals surface area contributed by atoms with Crippen LogP contribution >= 0.6 is 0 Å². The largest absolute Gasteiger partial charge is 0.493 e. The zero-order valence-electron chi connectivity index (χ0n) is 16.6. The van der Waals surface area contributed by atoms with Crippen LogP contribution in [0.25, 0.3) is 11.1 Å². The minimum absolute atomic E-state index is 0.232. The molecule has 1 aliphatic heterocycles. The quantitative estimate of drug-likeness (QED) is 0.618. The Hall–Kier alpha value is -3.35. The number of carboxylic acids is 1. The summed E-state index contributed by atoms with van der Waals surface area (Å²) < 4.78 is 7.99. The highest BCUT2D eigenvalue weighted by Gasteiger charge is 2.24. The molecule has 0 radical (unpaired) electrons. The van der Waals surface area contributed by atoms with E-state index in [1.807, 2.05) is 10.9 Å². The number of nitrogens with zero attached hydrogens (tertiary/aromatic N) is 3. The molecule has 1 atom stereocenters. The van der Waals surface area contributed by atoms with E-state index in [0.29, 0.717) is 18.8 Å². The lowest BCUT2D eigenvalue weighted by Gasteiger charge is -2.27. The molecule has 1 aromatic carbocycles. The normalized spacial score (nSPS) is 17.8. The summed E-state index contributed by atoms with van der Waals surface area (Å²) in [5.74, 6) is 0.964. The standard InChI is InChI=1S/C23H24N4O3/c28-23(29)20-5-7-24-12-21(20)25-10-17-6-8-30-22-9-16(3-4-19(17)22)18-11-26-27(14-18)13-15-1-2-15/h3-5,7,9,11-12,14-15,17,25H,1-2,6,8,10,13H2,(H,28,29). The van der Waals surface area contributed by atoms with E-state index in [1.165, 1.54) is 25.1 Å². The summed E-state index contributed by atoms with van der Waals surface area (Å²) in [7, 11) is 0. The van der Waals surface area contributed by atoms with Crippen molar-refractivity contribution in [2.45, 2.75) is 31.7 Å². The molecule has 2 aliphatic rings. The molecule has 7 heteroatoms. The highest BCUT2D eigenvalue weighted by molar-refractivity contribution is 5.93. The molecule has 1 aliphatic carbocycles. The number of hydrogen-bond acceptors (Lipinski definition) is 5. The highest BCUT2D eigenvalue weighted by Crippen LogP contribution is 2.37. The fourth-order valence-electron chi connectivity index (χ4n) is 3.99. The number of ether oxygens (including phenoxy) is 1. The number of aromatic nitrogens is 3. The first-order chi connectivity index (χ1) is 14.7. The van der Waals surface area contributed by atoms with Crippen LogP contribution < -0.4 is 10.1 Å². The topological polar surface area (TPSA) is 89.3 Å². The molecule has 7 nitrogen and oxygen atoms in total. The lowest BCUT2D eigenvalue weighted by molar-refractivity contribution is 0.0697. The molecule has 3 heterocycles. The summed E-state index contributed by atoms with van der Waals surface area (Å²) in [5.41, 5.74) is 4.12. The molecule has 0 amide bonds. The molecule has 3 aromatic rings. The Labute approximate surface area is 174 Å². The second kappa shape index (κ2) is 7.82. The van der Waals surface area contributed by atoms with E-state index >= 15 is 0 Å². The van der Waals surface area contributed by atoms with Crippen LogP contribution in [0.5, 0.6) is 5.75 Å². The minimum atomic E-state index is -0.959. The van der Waals surface area contributed by atoms with Gasteiger partial charge in [0.2, 0.25) is 0 Å². The van der Waals surface area contributed by atoms with Crippen molar-refractivity contribution >= 4 is 11.7 Å². The van der Waals surface area contributed by atoms with E-state index in [0.717, 1.165) is 41.3 Å². The van der Waals surface area contributed by atoms with Crippen molar-refractivity contribution in [2.24, 2.45) is 5.92 Å². The van der Waals surface area contributed by atoms with Gasteiger partial charge in [-0.3, -0.25) is 9.67 Å². The van der Waals surface area contributed by atoms with Gasteiger partial charge in [0.25, 0.3) is 0 Å². The van der Waals surface area contributed by atoms with Crippen LogP contribution in [-0.2, 0) is 6.54 Å². The molecule has 1 unspecified atom stereocenters. The van der Waals surface area contributed by atoms with Crippen molar-refractivity contribution in [2.75, 3.05) is 18.5 Å². The van der Waals surface area contributed by atoms with E-state index in [2.05, 4.69) is 39.8 Å². The van der Waals surface area contributed by atoms with Gasteiger partial charge in [0.1, 0.15) is 5.75 Å². The third-order valence-electron chi connectivity index (χ3n) is 5.88. The van der Waals surface area contributed by atoms with Gasteiger partial charge < -0.3 is 15.2 Å². The van der Waals surface area contributed by atoms with Crippen molar-refractivity contribution in [3.8, 4) is 16.9 Å². The molecule has 2 N–H and O–H groups in total. The number of benzene rings is 1. The summed E-state index contributed by atoms with van der Waals surface area (Å²) >= 11 is 0. The van der Waals surface area contributed by atoms with Crippen LogP contribution in [0.3, 0.4) is 0 Å². The minimum Gasteiger partial charge on any atom is -0.493 e. The van der Waals surface area contributed by atoms with Gasteiger partial charge in [-0.25, -0.2) is 4.79 Å². The van der Waals surface area contributed by atoms with Crippen LogP contribution in [0.15, 0.2) is 49.1 Å².